The van der Waals surface area contributed by atoms with E-state index in [1.54, 1.807) is 0 Å². The lowest BCUT2D eigenvalue weighted by Crippen LogP contribution is -2.62. The molecule has 1 saturated carbocycles. The number of benzene rings is 2. The van der Waals surface area contributed by atoms with Gasteiger partial charge in [-0.2, -0.15) is 0 Å². The highest BCUT2D eigenvalue weighted by Crippen LogP contribution is 2.60. The second-order valence-electron chi connectivity index (χ2n) is 11.6. The summed E-state index contributed by atoms with van der Waals surface area (Å²) in [6.45, 7) is 8.37. The van der Waals surface area contributed by atoms with Crippen LogP contribution in [0.1, 0.15) is 89.3 Å². The monoisotopic (exact) mass is 466 g/mol. The minimum absolute atomic E-state index is 0.149. The third kappa shape index (κ3) is 4.65. The van der Waals surface area contributed by atoms with Gasteiger partial charge in [0.1, 0.15) is 11.4 Å². The Labute approximate surface area is 205 Å². The predicted molar refractivity (Wildman–Crippen MR) is 136 cm³/mol. The van der Waals surface area contributed by atoms with Crippen molar-refractivity contribution in [3.8, 4) is 5.75 Å². The molecule has 0 amide bonds. The number of aliphatic hydroxyl groups is 3. The number of fused-ring (bicyclic) bond motifs is 3. The van der Waals surface area contributed by atoms with Crippen molar-refractivity contribution < 1.29 is 20.1 Å². The van der Waals surface area contributed by atoms with Crippen molar-refractivity contribution in [3.63, 3.8) is 0 Å². The first-order valence-corrected chi connectivity index (χ1v) is 13.0. The molecule has 0 aromatic heterocycles. The van der Waals surface area contributed by atoms with E-state index in [0.29, 0.717) is 25.4 Å². The molecule has 4 nitrogen and oxygen atoms in total. The molecule has 186 valence electrons. The van der Waals surface area contributed by atoms with Gasteiger partial charge in [0.05, 0.1) is 17.8 Å². The minimum Gasteiger partial charge on any atom is -0.494 e. The molecule has 4 rings (SSSR count). The maximum Gasteiger partial charge on any atom is 0.119 e. The van der Waals surface area contributed by atoms with Crippen LogP contribution in [0.15, 0.2) is 48.5 Å². The van der Waals surface area contributed by atoms with Gasteiger partial charge in [-0.25, -0.2) is 0 Å². The van der Waals surface area contributed by atoms with Crippen molar-refractivity contribution in [2.24, 2.45) is 5.92 Å². The van der Waals surface area contributed by atoms with Gasteiger partial charge in [-0.1, -0.05) is 43.3 Å². The van der Waals surface area contributed by atoms with Crippen LogP contribution in [0.4, 0.5) is 0 Å². The largest absolute Gasteiger partial charge is 0.494 e. The van der Waals surface area contributed by atoms with Crippen LogP contribution in [0.3, 0.4) is 0 Å². The molecule has 2 aliphatic rings. The zero-order valence-corrected chi connectivity index (χ0v) is 21.3. The first kappa shape index (κ1) is 25.2. The van der Waals surface area contributed by atoms with Crippen LogP contribution in [0.2, 0.25) is 0 Å². The predicted octanol–water partition coefficient (Wildman–Crippen LogP) is 5.65. The maximum absolute atomic E-state index is 11.8. The molecular weight excluding hydrogens is 424 g/mol. The van der Waals surface area contributed by atoms with Gasteiger partial charge in [0.2, 0.25) is 0 Å². The van der Waals surface area contributed by atoms with Crippen molar-refractivity contribution in [3.05, 3.63) is 65.2 Å². The van der Waals surface area contributed by atoms with Crippen LogP contribution in [0.5, 0.6) is 5.75 Å². The molecule has 0 aliphatic heterocycles. The van der Waals surface area contributed by atoms with Gasteiger partial charge in [-0.05, 0) is 107 Å². The standard InChI is InChI=1S/C30H42O4/c1-5-29-21-28(4,32)30(33,23-11-7-6-8-12-23)20-24(29)14-13-22-19-25(15-16-26(22)29)34-18-10-9-17-27(2,3)31/h6-8,11-12,15-16,19,24,31-33H,5,9-10,13-14,17-18,20-21H2,1-4H3/t24-,28-,29-,30-/m1/s1. The third-order valence-corrected chi connectivity index (χ3v) is 8.58. The Morgan fingerprint density at radius 1 is 1.06 bits per heavy atom. The molecular formula is C30H42O4. The molecule has 0 unspecified atom stereocenters. The number of aryl methyl sites for hydroxylation is 1. The van der Waals surface area contributed by atoms with Crippen molar-refractivity contribution in [1.82, 2.24) is 0 Å². The van der Waals surface area contributed by atoms with Crippen LogP contribution in [0, 0.1) is 5.92 Å². The highest BCUT2D eigenvalue weighted by atomic mass is 16.5. The maximum atomic E-state index is 11.8. The summed E-state index contributed by atoms with van der Waals surface area (Å²) in [5.74, 6) is 1.21. The van der Waals surface area contributed by atoms with E-state index in [1.807, 2.05) is 51.1 Å². The Bertz CT molecular complexity index is 977. The second kappa shape index (κ2) is 9.29. The van der Waals surface area contributed by atoms with Gasteiger partial charge in [-0.15, -0.1) is 0 Å². The number of hydrogen-bond donors (Lipinski definition) is 3. The third-order valence-electron chi connectivity index (χ3n) is 8.58. The van der Waals surface area contributed by atoms with Crippen molar-refractivity contribution in [2.75, 3.05) is 6.61 Å². The summed E-state index contributed by atoms with van der Waals surface area (Å²) >= 11 is 0. The molecule has 1 fully saturated rings. The van der Waals surface area contributed by atoms with Crippen LogP contribution in [0.25, 0.3) is 0 Å². The summed E-state index contributed by atoms with van der Waals surface area (Å²) in [6, 6.07) is 16.2. The van der Waals surface area contributed by atoms with E-state index in [1.165, 1.54) is 11.1 Å². The fourth-order valence-electron chi connectivity index (χ4n) is 6.65. The second-order valence-corrected chi connectivity index (χ2v) is 11.6. The Morgan fingerprint density at radius 3 is 2.47 bits per heavy atom. The first-order chi connectivity index (χ1) is 16.0. The lowest BCUT2D eigenvalue weighted by molar-refractivity contribution is -0.205. The van der Waals surface area contributed by atoms with E-state index >= 15 is 0 Å². The normalized spacial score (nSPS) is 31.0. The van der Waals surface area contributed by atoms with E-state index in [-0.39, 0.29) is 5.41 Å². The van der Waals surface area contributed by atoms with Gasteiger partial charge >= 0.3 is 0 Å². The van der Waals surface area contributed by atoms with Gasteiger partial charge in [0, 0.05) is 5.41 Å². The Kier molecular flexibility index (Phi) is 6.89. The highest BCUT2D eigenvalue weighted by Gasteiger charge is 2.60. The molecule has 0 heterocycles. The van der Waals surface area contributed by atoms with E-state index in [4.69, 9.17) is 4.74 Å². The molecule has 4 heteroatoms. The van der Waals surface area contributed by atoms with Crippen molar-refractivity contribution in [1.29, 1.82) is 0 Å². The van der Waals surface area contributed by atoms with Gasteiger partial charge < -0.3 is 20.1 Å². The van der Waals surface area contributed by atoms with Crippen molar-refractivity contribution >= 4 is 0 Å². The Hall–Kier alpha value is -1.88. The zero-order chi connectivity index (χ0) is 24.6. The van der Waals surface area contributed by atoms with E-state index < -0.39 is 16.8 Å². The van der Waals surface area contributed by atoms with Crippen LogP contribution >= 0.6 is 0 Å². The molecule has 0 spiro atoms. The zero-order valence-electron chi connectivity index (χ0n) is 21.3. The Morgan fingerprint density at radius 2 is 1.79 bits per heavy atom. The highest BCUT2D eigenvalue weighted by molar-refractivity contribution is 5.45. The van der Waals surface area contributed by atoms with E-state index in [2.05, 4.69) is 25.1 Å². The van der Waals surface area contributed by atoms with E-state index in [0.717, 1.165) is 49.8 Å². The number of rotatable bonds is 8. The van der Waals surface area contributed by atoms with Gasteiger partial charge in [0.15, 0.2) is 0 Å². The molecule has 2 aromatic carbocycles. The summed E-state index contributed by atoms with van der Waals surface area (Å²) in [5, 5.41) is 33.4. The SMILES string of the molecule is CC[C@@]12C[C@@](C)(O)[C@](O)(c3ccccc3)C[C@H]1CCc1cc(OCCCCC(C)(C)O)ccc12. The average molecular weight is 467 g/mol. The first-order valence-electron chi connectivity index (χ1n) is 13.0. The molecule has 0 bridgehead atoms. The van der Waals surface area contributed by atoms with Crippen LogP contribution < -0.4 is 4.74 Å². The quantitative estimate of drug-likeness (QED) is 0.440. The molecule has 34 heavy (non-hydrogen) atoms. The fourth-order valence-corrected chi connectivity index (χ4v) is 6.65. The summed E-state index contributed by atoms with van der Waals surface area (Å²) in [5.41, 5.74) is 0.188. The van der Waals surface area contributed by atoms with Crippen molar-refractivity contribution in [2.45, 2.75) is 101 Å². The van der Waals surface area contributed by atoms with Crippen LogP contribution in [-0.4, -0.2) is 33.1 Å². The molecule has 0 saturated heterocycles. The van der Waals surface area contributed by atoms with Gasteiger partial charge in [-0.3, -0.25) is 0 Å². The summed E-state index contributed by atoms with van der Waals surface area (Å²) < 4.78 is 6.05. The summed E-state index contributed by atoms with van der Waals surface area (Å²) in [6.07, 6.45) is 6.63. The molecule has 2 aromatic rings. The minimum atomic E-state index is -1.25. The number of hydrogen-bond acceptors (Lipinski definition) is 4. The number of unbranched alkanes of at least 4 members (excludes halogenated alkanes) is 1. The van der Waals surface area contributed by atoms with Crippen LogP contribution in [-0.2, 0) is 17.4 Å². The Balaban J connectivity index is 1.54. The van der Waals surface area contributed by atoms with Gasteiger partial charge in [0.25, 0.3) is 0 Å². The molecule has 0 radical (unpaired) electrons. The lowest BCUT2D eigenvalue weighted by Gasteiger charge is -2.59. The topological polar surface area (TPSA) is 69.9 Å². The molecule has 4 atom stereocenters. The summed E-state index contributed by atoms with van der Waals surface area (Å²) in [7, 11) is 0. The summed E-state index contributed by atoms with van der Waals surface area (Å²) in [4.78, 5) is 0. The molecule has 2 aliphatic carbocycles. The smallest absolute Gasteiger partial charge is 0.119 e. The number of ether oxygens (including phenoxy) is 1. The van der Waals surface area contributed by atoms with E-state index in [9.17, 15) is 15.3 Å². The lowest BCUT2D eigenvalue weighted by atomic mass is 9.49. The molecule has 3 N–H and O–H groups in total. The average Bonchev–Trinajstić information content (AvgIpc) is 2.79. The fraction of sp³-hybridized carbons (Fsp3) is 0.600.